The number of piperazine rings is 1. The lowest BCUT2D eigenvalue weighted by Crippen LogP contribution is -2.46. The Hall–Kier alpha value is -3.41. The predicted molar refractivity (Wildman–Crippen MR) is 116 cm³/mol. The molecule has 1 saturated heterocycles. The van der Waals surface area contributed by atoms with Crippen LogP contribution in [0.4, 0.5) is 11.5 Å². The lowest BCUT2D eigenvalue weighted by atomic mass is 10.2. The zero-order valence-corrected chi connectivity index (χ0v) is 16.6. The van der Waals surface area contributed by atoms with Gasteiger partial charge in [-0.25, -0.2) is 14.6 Å². The summed E-state index contributed by atoms with van der Waals surface area (Å²) in [6.07, 6.45) is 3.56. The first-order valence-corrected chi connectivity index (χ1v) is 10.0. The molecule has 0 radical (unpaired) electrons. The molecule has 2 aromatic heterocycles. The molecular weight excluding hydrogens is 360 g/mol. The highest BCUT2D eigenvalue weighted by atomic mass is 15.3. The van der Waals surface area contributed by atoms with E-state index < -0.39 is 0 Å². The van der Waals surface area contributed by atoms with Crippen LogP contribution in [0.25, 0.3) is 11.0 Å². The Bertz CT molecular complexity index is 1100. The smallest absolute Gasteiger partial charge is 0.163 e. The molecule has 0 aliphatic carbocycles. The van der Waals surface area contributed by atoms with E-state index in [2.05, 4.69) is 80.3 Å². The first-order valence-electron chi connectivity index (χ1n) is 10.0. The third-order valence-electron chi connectivity index (χ3n) is 5.57. The molecule has 0 spiro atoms. The molecule has 1 aliphatic rings. The lowest BCUT2D eigenvalue weighted by molar-refractivity contribution is 0.648. The predicted octanol–water partition coefficient (Wildman–Crippen LogP) is 3.51. The molecule has 1 fully saturated rings. The van der Waals surface area contributed by atoms with Gasteiger partial charge in [0.1, 0.15) is 12.1 Å². The summed E-state index contributed by atoms with van der Waals surface area (Å²) >= 11 is 0. The van der Waals surface area contributed by atoms with E-state index in [1.165, 1.54) is 16.8 Å². The van der Waals surface area contributed by atoms with Crippen LogP contribution in [0.5, 0.6) is 0 Å². The van der Waals surface area contributed by atoms with E-state index in [-0.39, 0.29) is 0 Å². The SMILES string of the molecule is Cc1ccc(N2CCN(c3ncnc4c3cnn4Cc3ccccc3)CC2)cc1. The van der Waals surface area contributed by atoms with Gasteiger partial charge in [0.05, 0.1) is 18.1 Å². The molecule has 146 valence electrons. The van der Waals surface area contributed by atoms with E-state index >= 15 is 0 Å². The van der Waals surface area contributed by atoms with Crippen molar-refractivity contribution in [2.45, 2.75) is 13.5 Å². The van der Waals surface area contributed by atoms with Crippen LogP contribution in [0.2, 0.25) is 0 Å². The van der Waals surface area contributed by atoms with Crippen molar-refractivity contribution in [3.8, 4) is 0 Å². The maximum Gasteiger partial charge on any atom is 0.163 e. The summed E-state index contributed by atoms with van der Waals surface area (Å²) < 4.78 is 1.96. The molecule has 1 aliphatic heterocycles. The van der Waals surface area contributed by atoms with Gasteiger partial charge in [0.25, 0.3) is 0 Å². The minimum atomic E-state index is 0.710. The van der Waals surface area contributed by atoms with Gasteiger partial charge in [-0.3, -0.25) is 0 Å². The molecule has 4 aromatic rings. The van der Waals surface area contributed by atoms with Crippen LogP contribution in [-0.4, -0.2) is 45.9 Å². The molecule has 0 unspecified atom stereocenters. The fraction of sp³-hybridized carbons (Fsp3) is 0.261. The largest absolute Gasteiger partial charge is 0.368 e. The Morgan fingerprint density at radius 1 is 0.828 bits per heavy atom. The highest BCUT2D eigenvalue weighted by Crippen LogP contribution is 2.25. The second kappa shape index (κ2) is 7.54. The molecule has 6 heteroatoms. The number of anilines is 2. The van der Waals surface area contributed by atoms with Crippen LogP contribution >= 0.6 is 0 Å². The molecule has 0 amide bonds. The number of hydrogen-bond donors (Lipinski definition) is 0. The fourth-order valence-corrected chi connectivity index (χ4v) is 3.94. The molecule has 6 nitrogen and oxygen atoms in total. The van der Waals surface area contributed by atoms with Crippen molar-refractivity contribution < 1.29 is 0 Å². The summed E-state index contributed by atoms with van der Waals surface area (Å²) in [5.74, 6) is 0.984. The summed E-state index contributed by atoms with van der Waals surface area (Å²) in [6.45, 7) is 6.66. The van der Waals surface area contributed by atoms with Crippen LogP contribution < -0.4 is 9.80 Å². The van der Waals surface area contributed by atoms with Gasteiger partial charge >= 0.3 is 0 Å². The Morgan fingerprint density at radius 2 is 1.55 bits per heavy atom. The molecule has 0 saturated carbocycles. The highest BCUT2D eigenvalue weighted by Gasteiger charge is 2.21. The maximum atomic E-state index is 4.60. The fourth-order valence-electron chi connectivity index (χ4n) is 3.94. The Morgan fingerprint density at radius 3 is 2.31 bits per heavy atom. The van der Waals surface area contributed by atoms with Gasteiger partial charge < -0.3 is 9.80 Å². The van der Waals surface area contributed by atoms with E-state index in [1.807, 2.05) is 16.9 Å². The maximum absolute atomic E-state index is 4.60. The van der Waals surface area contributed by atoms with Crippen LogP contribution in [0, 0.1) is 6.92 Å². The van der Waals surface area contributed by atoms with Crippen LogP contribution in [-0.2, 0) is 6.54 Å². The highest BCUT2D eigenvalue weighted by molar-refractivity contribution is 5.86. The normalized spacial score (nSPS) is 14.5. The zero-order chi connectivity index (χ0) is 19.6. The summed E-state index contributed by atoms with van der Waals surface area (Å²) in [7, 11) is 0. The van der Waals surface area contributed by atoms with E-state index in [0.717, 1.165) is 43.0 Å². The van der Waals surface area contributed by atoms with Gasteiger partial charge in [0.2, 0.25) is 0 Å². The van der Waals surface area contributed by atoms with E-state index in [9.17, 15) is 0 Å². The third-order valence-corrected chi connectivity index (χ3v) is 5.57. The second-order valence-corrected chi connectivity index (χ2v) is 7.53. The van der Waals surface area contributed by atoms with E-state index in [4.69, 9.17) is 0 Å². The zero-order valence-electron chi connectivity index (χ0n) is 16.6. The van der Waals surface area contributed by atoms with Crippen molar-refractivity contribution in [2.75, 3.05) is 36.0 Å². The number of aromatic nitrogens is 4. The molecule has 0 atom stereocenters. The summed E-state index contributed by atoms with van der Waals surface area (Å²) in [5, 5.41) is 5.61. The molecule has 0 bridgehead atoms. The number of hydrogen-bond acceptors (Lipinski definition) is 5. The van der Waals surface area contributed by atoms with Gasteiger partial charge in [0.15, 0.2) is 5.65 Å². The number of nitrogens with zero attached hydrogens (tertiary/aromatic N) is 6. The number of rotatable bonds is 4. The van der Waals surface area contributed by atoms with Crippen molar-refractivity contribution in [1.82, 2.24) is 19.7 Å². The topological polar surface area (TPSA) is 50.1 Å². The van der Waals surface area contributed by atoms with Gasteiger partial charge in [-0.15, -0.1) is 0 Å². The van der Waals surface area contributed by atoms with Gasteiger partial charge in [-0.2, -0.15) is 5.10 Å². The standard InChI is InChI=1S/C23H24N6/c1-18-7-9-20(10-8-18)27-11-13-28(14-12-27)22-21-15-26-29(23(21)25-17-24-22)16-19-5-3-2-4-6-19/h2-10,15,17H,11-14,16H2,1H3. The van der Waals surface area contributed by atoms with Gasteiger partial charge in [0, 0.05) is 31.9 Å². The average Bonchev–Trinajstić information content (AvgIpc) is 3.18. The first-order chi connectivity index (χ1) is 14.3. The summed E-state index contributed by atoms with van der Waals surface area (Å²) in [4.78, 5) is 13.9. The molecule has 29 heavy (non-hydrogen) atoms. The van der Waals surface area contributed by atoms with E-state index in [1.54, 1.807) is 6.33 Å². The summed E-state index contributed by atoms with van der Waals surface area (Å²) in [5.41, 5.74) is 4.69. The molecule has 5 rings (SSSR count). The van der Waals surface area contributed by atoms with Crippen molar-refractivity contribution in [1.29, 1.82) is 0 Å². The van der Waals surface area contributed by atoms with Crippen molar-refractivity contribution >= 4 is 22.5 Å². The van der Waals surface area contributed by atoms with Gasteiger partial charge in [-0.05, 0) is 24.6 Å². The summed E-state index contributed by atoms with van der Waals surface area (Å²) in [6, 6.07) is 19.1. The Kier molecular flexibility index (Phi) is 4.60. The number of fused-ring (bicyclic) bond motifs is 1. The number of benzene rings is 2. The monoisotopic (exact) mass is 384 g/mol. The molecular formula is C23H24N6. The first kappa shape index (κ1) is 17.7. The average molecular weight is 384 g/mol. The van der Waals surface area contributed by atoms with Crippen LogP contribution in [0.1, 0.15) is 11.1 Å². The minimum Gasteiger partial charge on any atom is -0.368 e. The Labute approximate surface area is 170 Å². The van der Waals surface area contributed by atoms with Crippen LogP contribution in [0.3, 0.4) is 0 Å². The van der Waals surface area contributed by atoms with Gasteiger partial charge in [-0.1, -0.05) is 48.0 Å². The second-order valence-electron chi connectivity index (χ2n) is 7.53. The molecule has 3 heterocycles. The number of aryl methyl sites for hydroxylation is 1. The van der Waals surface area contributed by atoms with Crippen molar-refractivity contribution in [3.63, 3.8) is 0 Å². The third kappa shape index (κ3) is 3.53. The molecule has 0 N–H and O–H groups in total. The lowest BCUT2D eigenvalue weighted by Gasteiger charge is -2.36. The van der Waals surface area contributed by atoms with Crippen molar-refractivity contribution in [2.24, 2.45) is 0 Å². The van der Waals surface area contributed by atoms with E-state index in [0.29, 0.717) is 6.54 Å². The van der Waals surface area contributed by atoms with Crippen molar-refractivity contribution in [3.05, 3.63) is 78.2 Å². The Balaban J connectivity index is 1.35. The van der Waals surface area contributed by atoms with Crippen LogP contribution in [0.15, 0.2) is 67.1 Å². The quantitative estimate of drug-likeness (QED) is 0.539. The molecule has 2 aromatic carbocycles. The minimum absolute atomic E-state index is 0.710.